The van der Waals surface area contributed by atoms with Gasteiger partial charge in [0.15, 0.2) is 25.0 Å². The van der Waals surface area contributed by atoms with Gasteiger partial charge in [-0.25, -0.2) is 4.39 Å². The average Bonchev–Trinajstić information content (AvgIpc) is 2.83. The first-order valence-corrected chi connectivity index (χ1v) is 10.6. The van der Waals surface area contributed by atoms with Gasteiger partial charge in [0.2, 0.25) is 0 Å². The molecule has 3 heterocycles. The number of alkyl halides is 1. The summed E-state index contributed by atoms with van der Waals surface area (Å²) in [7, 11) is 0. The summed E-state index contributed by atoms with van der Waals surface area (Å²) in [6.07, 6.45) is -26.5. The molecule has 0 aromatic heterocycles. The number of aliphatic hydroxyl groups is 10. The van der Waals surface area contributed by atoms with Gasteiger partial charge in [-0.15, -0.1) is 0 Å². The van der Waals surface area contributed by atoms with Crippen LogP contribution in [0.1, 0.15) is 0 Å². The van der Waals surface area contributed by atoms with Crippen LogP contribution in [0.5, 0.6) is 0 Å². The van der Waals surface area contributed by atoms with E-state index in [9.17, 15) is 55.5 Å². The fraction of sp³-hybridized carbons (Fsp3) is 1.00. The zero-order valence-electron chi connectivity index (χ0n) is 17.7. The summed E-state index contributed by atoms with van der Waals surface area (Å²) in [6.45, 7) is -2.41. The minimum Gasteiger partial charge on any atom is -0.394 e. The topological polar surface area (TPSA) is 248 Å². The smallest absolute Gasteiger partial charge is 0.189 e. The van der Waals surface area contributed by atoms with Crippen molar-refractivity contribution >= 4 is 0 Å². The molecule has 15 unspecified atom stereocenters. The molecule has 0 saturated carbocycles. The molecule has 3 rings (SSSR count). The van der Waals surface area contributed by atoms with Crippen molar-refractivity contribution in [1.82, 2.24) is 0 Å². The monoisotopic (exact) mass is 506 g/mol. The second-order valence-corrected chi connectivity index (χ2v) is 8.29. The third-order valence-corrected chi connectivity index (χ3v) is 6.05. The van der Waals surface area contributed by atoms with Crippen molar-refractivity contribution in [1.29, 1.82) is 0 Å². The first-order chi connectivity index (χ1) is 16.0. The molecule has 0 aliphatic carbocycles. The first-order valence-electron chi connectivity index (χ1n) is 10.6. The van der Waals surface area contributed by atoms with E-state index in [1.165, 1.54) is 0 Å². The Balaban J connectivity index is 1.72. The molecule has 16 heteroatoms. The van der Waals surface area contributed by atoms with Crippen LogP contribution in [0.3, 0.4) is 0 Å². The Hall–Kier alpha value is -0.670. The van der Waals surface area contributed by atoms with Crippen molar-refractivity contribution in [2.24, 2.45) is 0 Å². The Morgan fingerprint density at radius 2 is 0.971 bits per heavy atom. The van der Waals surface area contributed by atoms with Crippen LogP contribution in [-0.2, 0) is 23.7 Å². The van der Waals surface area contributed by atoms with E-state index >= 15 is 0 Å². The van der Waals surface area contributed by atoms with Crippen LogP contribution in [0, 0.1) is 0 Å². The van der Waals surface area contributed by atoms with E-state index in [2.05, 4.69) is 0 Å². The molecule has 15 atom stereocenters. The van der Waals surface area contributed by atoms with E-state index in [-0.39, 0.29) is 0 Å². The maximum Gasteiger partial charge on any atom is 0.189 e. The van der Waals surface area contributed by atoms with E-state index in [1.54, 1.807) is 0 Å². The van der Waals surface area contributed by atoms with E-state index in [0.29, 0.717) is 0 Å². The van der Waals surface area contributed by atoms with Crippen molar-refractivity contribution < 1.29 is 79.1 Å². The minimum atomic E-state index is -2.32. The first kappa shape index (κ1) is 27.9. The molecule has 10 N–H and O–H groups in total. The van der Waals surface area contributed by atoms with Gasteiger partial charge in [0.05, 0.1) is 19.8 Å². The van der Waals surface area contributed by atoms with Gasteiger partial charge < -0.3 is 74.7 Å². The summed E-state index contributed by atoms with van der Waals surface area (Å²) in [5.41, 5.74) is 0. The maximum atomic E-state index is 14.0. The van der Waals surface area contributed by atoms with Crippen LogP contribution in [0.2, 0.25) is 0 Å². The summed E-state index contributed by atoms with van der Waals surface area (Å²) in [5, 5.41) is 98.8. The van der Waals surface area contributed by atoms with Crippen LogP contribution >= 0.6 is 0 Å². The molecular formula is C18H31FO15. The summed E-state index contributed by atoms with van der Waals surface area (Å²) in [5.74, 6) is 0. The lowest BCUT2D eigenvalue weighted by atomic mass is 9.96. The van der Waals surface area contributed by atoms with Crippen molar-refractivity contribution in [2.45, 2.75) is 92.2 Å². The van der Waals surface area contributed by atoms with Gasteiger partial charge in [0, 0.05) is 0 Å². The number of hydrogen-bond acceptors (Lipinski definition) is 15. The molecule has 15 nitrogen and oxygen atoms in total. The van der Waals surface area contributed by atoms with Gasteiger partial charge in [0.25, 0.3) is 0 Å². The van der Waals surface area contributed by atoms with Gasteiger partial charge in [-0.3, -0.25) is 0 Å². The van der Waals surface area contributed by atoms with Crippen LogP contribution in [-0.4, -0.2) is 163 Å². The SMILES string of the molecule is OCC1OC(OC2C(CO)OC(OC3C(CO)OC(O)C(F)C3O)C(O)C2O)C(O)C(O)C1O. The van der Waals surface area contributed by atoms with E-state index in [4.69, 9.17) is 23.7 Å². The number of aliphatic hydroxyl groups excluding tert-OH is 10. The molecular weight excluding hydrogens is 475 g/mol. The predicted molar refractivity (Wildman–Crippen MR) is 100 cm³/mol. The molecule has 3 saturated heterocycles. The summed E-state index contributed by atoms with van der Waals surface area (Å²) in [6, 6.07) is 0. The fourth-order valence-electron chi connectivity index (χ4n) is 4.04. The fourth-order valence-corrected chi connectivity index (χ4v) is 4.04. The molecule has 0 amide bonds. The van der Waals surface area contributed by atoms with Crippen LogP contribution < -0.4 is 0 Å². The normalized spacial score (nSPS) is 52.5. The van der Waals surface area contributed by atoms with Gasteiger partial charge in [-0.2, -0.15) is 0 Å². The standard InChI is InChI=1S/C18H31FO15/c19-7-9(24)14(5(2-21)30-16(7)29)33-18-13(28)11(26)15(6(3-22)32-18)34-17-12(27)10(25)8(23)4(1-20)31-17/h4-18,20-29H,1-3H2. The van der Waals surface area contributed by atoms with Crippen molar-refractivity contribution in [3.8, 4) is 0 Å². The zero-order valence-corrected chi connectivity index (χ0v) is 17.7. The highest BCUT2D eigenvalue weighted by Crippen LogP contribution is 2.32. The lowest BCUT2D eigenvalue weighted by Gasteiger charge is -2.47. The highest BCUT2D eigenvalue weighted by Gasteiger charge is 2.53. The quantitative estimate of drug-likeness (QED) is 0.154. The number of hydrogen-bond donors (Lipinski definition) is 10. The highest BCUT2D eigenvalue weighted by atomic mass is 19.1. The Morgan fingerprint density at radius 3 is 1.50 bits per heavy atom. The molecule has 3 aliphatic heterocycles. The van der Waals surface area contributed by atoms with Crippen LogP contribution in [0.25, 0.3) is 0 Å². The Bertz CT molecular complexity index is 640. The lowest BCUT2D eigenvalue weighted by molar-refractivity contribution is -0.375. The second kappa shape index (κ2) is 11.6. The van der Waals surface area contributed by atoms with E-state index < -0.39 is 112 Å². The molecule has 0 radical (unpaired) electrons. The predicted octanol–water partition coefficient (Wildman–Crippen LogP) is -6.60. The molecule has 0 aromatic rings. The molecule has 0 bridgehead atoms. The average molecular weight is 506 g/mol. The lowest BCUT2D eigenvalue weighted by Crippen LogP contribution is -2.66. The molecule has 34 heavy (non-hydrogen) atoms. The maximum absolute atomic E-state index is 14.0. The van der Waals surface area contributed by atoms with Crippen LogP contribution in [0.4, 0.5) is 4.39 Å². The van der Waals surface area contributed by atoms with Crippen LogP contribution in [0.15, 0.2) is 0 Å². The van der Waals surface area contributed by atoms with E-state index in [0.717, 1.165) is 0 Å². The summed E-state index contributed by atoms with van der Waals surface area (Å²) in [4.78, 5) is 0. The second-order valence-electron chi connectivity index (χ2n) is 8.29. The Kier molecular flexibility index (Phi) is 9.51. The van der Waals surface area contributed by atoms with Crippen molar-refractivity contribution in [3.63, 3.8) is 0 Å². The molecule has 3 aliphatic rings. The third-order valence-electron chi connectivity index (χ3n) is 6.05. The number of ether oxygens (including phenoxy) is 5. The zero-order chi connectivity index (χ0) is 25.3. The van der Waals surface area contributed by atoms with Crippen molar-refractivity contribution in [2.75, 3.05) is 19.8 Å². The van der Waals surface area contributed by atoms with Gasteiger partial charge in [-0.05, 0) is 0 Å². The molecule has 3 fully saturated rings. The Morgan fingerprint density at radius 1 is 0.529 bits per heavy atom. The van der Waals surface area contributed by atoms with Gasteiger partial charge in [0.1, 0.15) is 67.1 Å². The summed E-state index contributed by atoms with van der Waals surface area (Å²) >= 11 is 0. The largest absolute Gasteiger partial charge is 0.394 e. The number of halogens is 1. The van der Waals surface area contributed by atoms with Gasteiger partial charge in [-0.1, -0.05) is 0 Å². The minimum absolute atomic E-state index is 0.751. The van der Waals surface area contributed by atoms with Gasteiger partial charge >= 0.3 is 0 Å². The number of rotatable bonds is 7. The molecule has 0 aromatic carbocycles. The third kappa shape index (κ3) is 5.36. The highest BCUT2D eigenvalue weighted by molar-refractivity contribution is 4.96. The van der Waals surface area contributed by atoms with E-state index in [1.807, 2.05) is 0 Å². The molecule has 200 valence electrons. The molecule has 0 spiro atoms. The van der Waals surface area contributed by atoms with Crippen molar-refractivity contribution in [3.05, 3.63) is 0 Å². The Labute approximate surface area is 192 Å². The summed E-state index contributed by atoms with van der Waals surface area (Å²) < 4.78 is 40.1.